The third kappa shape index (κ3) is 4.49. The van der Waals surface area contributed by atoms with E-state index in [1.54, 1.807) is 19.6 Å². The predicted molar refractivity (Wildman–Crippen MR) is 85.8 cm³/mol. The fraction of sp³-hybridized carbons (Fsp3) is 0.375. The average molecular weight is 309 g/mol. The van der Waals surface area contributed by atoms with Crippen LogP contribution in [0.15, 0.2) is 41.2 Å². The summed E-state index contributed by atoms with van der Waals surface area (Å²) in [6.07, 6.45) is 3.45. The first-order valence-electron chi connectivity index (χ1n) is 6.91. The van der Waals surface area contributed by atoms with E-state index in [0.717, 1.165) is 34.9 Å². The fourth-order valence-electron chi connectivity index (χ4n) is 2.21. The van der Waals surface area contributed by atoms with E-state index in [1.165, 1.54) is 0 Å². The highest BCUT2D eigenvalue weighted by Crippen LogP contribution is 2.27. The Hall–Kier alpha value is -1.49. The van der Waals surface area contributed by atoms with Gasteiger partial charge in [-0.15, -0.1) is 0 Å². The van der Waals surface area contributed by atoms with Crippen molar-refractivity contribution in [2.24, 2.45) is 0 Å². The second kappa shape index (κ2) is 8.08. The second-order valence-corrected chi connectivity index (χ2v) is 5.30. The van der Waals surface area contributed by atoms with Crippen molar-refractivity contribution in [3.8, 4) is 0 Å². The molecule has 1 N–H and O–H groups in total. The topological polar surface area (TPSA) is 37.6 Å². The molecule has 5 heteroatoms. The molecule has 0 fully saturated rings. The molecule has 0 saturated heterocycles. The van der Waals surface area contributed by atoms with Gasteiger partial charge < -0.3 is 19.4 Å². The highest BCUT2D eigenvalue weighted by Gasteiger charge is 2.11. The summed E-state index contributed by atoms with van der Waals surface area (Å²) in [5.74, 6) is 0. The Bertz CT molecular complexity index is 543. The minimum absolute atomic E-state index is 0.685. The first-order valence-corrected chi connectivity index (χ1v) is 7.29. The molecule has 114 valence electrons. The Morgan fingerprint density at radius 1 is 1.33 bits per heavy atom. The highest BCUT2D eigenvalue weighted by atomic mass is 35.5. The lowest BCUT2D eigenvalue weighted by Gasteiger charge is -2.23. The maximum atomic E-state index is 6.35. The largest absolute Gasteiger partial charge is 0.472 e. The van der Waals surface area contributed by atoms with E-state index >= 15 is 0 Å². The van der Waals surface area contributed by atoms with Gasteiger partial charge in [0.05, 0.1) is 19.1 Å². The van der Waals surface area contributed by atoms with Crippen LogP contribution in [0.3, 0.4) is 0 Å². The Labute approximate surface area is 130 Å². The lowest BCUT2D eigenvalue weighted by molar-refractivity contribution is 0.199. The van der Waals surface area contributed by atoms with Gasteiger partial charge in [-0.1, -0.05) is 17.7 Å². The van der Waals surface area contributed by atoms with Crippen molar-refractivity contribution in [1.29, 1.82) is 0 Å². The third-order valence-electron chi connectivity index (χ3n) is 3.29. The molecule has 0 bridgehead atoms. The monoisotopic (exact) mass is 308 g/mol. The number of anilines is 1. The number of hydrogen-bond donors (Lipinski definition) is 1. The van der Waals surface area contributed by atoms with Crippen molar-refractivity contribution >= 4 is 17.3 Å². The van der Waals surface area contributed by atoms with Crippen LogP contribution in [0.4, 0.5) is 5.69 Å². The molecule has 4 nitrogen and oxygen atoms in total. The molecule has 21 heavy (non-hydrogen) atoms. The van der Waals surface area contributed by atoms with Crippen LogP contribution < -0.4 is 10.2 Å². The van der Waals surface area contributed by atoms with Gasteiger partial charge in [0.15, 0.2) is 0 Å². The molecule has 0 spiro atoms. The SMILES string of the molecule is COCCNCc1c(Cl)cccc1N(C)Cc1ccoc1. The molecule has 0 radical (unpaired) electrons. The number of ether oxygens (including phenoxy) is 1. The molecule has 2 aromatic rings. The zero-order valence-corrected chi connectivity index (χ0v) is 13.2. The van der Waals surface area contributed by atoms with Crippen LogP contribution in [0.1, 0.15) is 11.1 Å². The lowest BCUT2D eigenvalue weighted by Crippen LogP contribution is -2.22. The lowest BCUT2D eigenvalue weighted by atomic mass is 10.1. The smallest absolute Gasteiger partial charge is 0.0952 e. The predicted octanol–water partition coefficient (Wildman–Crippen LogP) is 3.31. The van der Waals surface area contributed by atoms with Crippen LogP contribution in [-0.2, 0) is 17.8 Å². The summed E-state index contributed by atoms with van der Waals surface area (Å²) in [6.45, 7) is 2.98. The van der Waals surface area contributed by atoms with Crippen LogP contribution in [-0.4, -0.2) is 27.3 Å². The van der Waals surface area contributed by atoms with Gasteiger partial charge in [-0.3, -0.25) is 0 Å². The number of halogens is 1. The van der Waals surface area contributed by atoms with Crippen LogP contribution in [0.25, 0.3) is 0 Å². The second-order valence-electron chi connectivity index (χ2n) is 4.89. The molecular formula is C16H21ClN2O2. The Morgan fingerprint density at radius 3 is 2.90 bits per heavy atom. The maximum Gasteiger partial charge on any atom is 0.0952 e. The van der Waals surface area contributed by atoms with Gasteiger partial charge in [0.25, 0.3) is 0 Å². The summed E-state index contributed by atoms with van der Waals surface area (Å²) in [5.41, 5.74) is 3.35. The minimum Gasteiger partial charge on any atom is -0.472 e. The first kappa shape index (κ1) is 15.9. The molecule has 1 heterocycles. The Balaban J connectivity index is 2.08. The van der Waals surface area contributed by atoms with E-state index in [4.69, 9.17) is 20.8 Å². The van der Waals surface area contributed by atoms with Gasteiger partial charge in [-0.05, 0) is 18.2 Å². The molecule has 0 amide bonds. The number of benzene rings is 1. The standard InChI is InChI=1S/C16H21ClN2O2/c1-19(11-13-6-8-21-12-13)16-5-3-4-15(17)14(16)10-18-7-9-20-2/h3-6,8,12,18H,7,9-11H2,1-2H3. The van der Waals surface area contributed by atoms with Crippen molar-refractivity contribution < 1.29 is 9.15 Å². The molecule has 0 unspecified atom stereocenters. The van der Waals surface area contributed by atoms with Crippen LogP contribution in [0.5, 0.6) is 0 Å². The summed E-state index contributed by atoms with van der Waals surface area (Å²) in [6, 6.07) is 7.95. The van der Waals surface area contributed by atoms with Crippen LogP contribution in [0, 0.1) is 0 Å². The van der Waals surface area contributed by atoms with Crippen molar-refractivity contribution in [2.45, 2.75) is 13.1 Å². The molecule has 1 aromatic carbocycles. The molecule has 0 saturated carbocycles. The van der Waals surface area contributed by atoms with Gasteiger partial charge in [-0.25, -0.2) is 0 Å². The Morgan fingerprint density at radius 2 is 2.19 bits per heavy atom. The number of nitrogens with one attached hydrogen (secondary N) is 1. The normalized spacial score (nSPS) is 10.8. The number of furan rings is 1. The van der Waals surface area contributed by atoms with E-state index in [0.29, 0.717) is 13.2 Å². The minimum atomic E-state index is 0.685. The average Bonchev–Trinajstić information content (AvgIpc) is 2.97. The van der Waals surface area contributed by atoms with Crippen LogP contribution >= 0.6 is 11.6 Å². The first-order chi connectivity index (χ1) is 10.2. The highest BCUT2D eigenvalue weighted by molar-refractivity contribution is 6.31. The van der Waals surface area contributed by atoms with Crippen LogP contribution in [0.2, 0.25) is 5.02 Å². The summed E-state index contributed by atoms with van der Waals surface area (Å²) >= 11 is 6.35. The van der Waals surface area contributed by atoms with Gasteiger partial charge in [-0.2, -0.15) is 0 Å². The van der Waals surface area contributed by atoms with Gasteiger partial charge in [0.1, 0.15) is 0 Å². The van der Waals surface area contributed by atoms with Gasteiger partial charge >= 0.3 is 0 Å². The maximum absolute atomic E-state index is 6.35. The molecule has 0 aliphatic rings. The molecule has 1 aromatic heterocycles. The molecule has 2 rings (SSSR count). The molecule has 0 aliphatic carbocycles. The van der Waals surface area contributed by atoms with E-state index < -0.39 is 0 Å². The Kier molecular flexibility index (Phi) is 6.11. The van der Waals surface area contributed by atoms with E-state index in [9.17, 15) is 0 Å². The summed E-state index contributed by atoms with van der Waals surface area (Å²) in [5, 5.41) is 4.12. The number of rotatable bonds is 8. The summed E-state index contributed by atoms with van der Waals surface area (Å²) < 4.78 is 10.2. The van der Waals surface area contributed by atoms with Crippen molar-refractivity contribution in [2.75, 3.05) is 32.2 Å². The van der Waals surface area contributed by atoms with E-state index in [-0.39, 0.29) is 0 Å². The number of methoxy groups -OCH3 is 1. The quantitative estimate of drug-likeness (QED) is 0.759. The number of nitrogens with zero attached hydrogens (tertiary/aromatic N) is 1. The summed E-state index contributed by atoms with van der Waals surface area (Å²) in [4.78, 5) is 2.17. The van der Waals surface area contributed by atoms with E-state index in [2.05, 4.69) is 23.3 Å². The molecule has 0 aliphatic heterocycles. The van der Waals surface area contributed by atoms with Gasteiger partial charge in [0, 0.05) is 55.6 Å². The zero-order chi connectivity index (χ0) is 15.1. The summed E-state index contributed by atoms with van der Waals surface area (Å²) in [7, 11) is 3.75. The van der Waals surface area contributed by atoms with Crippen molar-refractivity contribution in [3.05, 3.63) is 52.9 Å². The van der Waals surface area contributed by atoms with Gasteiger partial charge in [0.2, 0.25) is 0 Å². The third-order valence-corrected chi connectivity index (χ3v) is 3.64. The fourth-order valence-corrected chi connectivity index (χ4v) is 2.45. The molecular weight excluding hydrogens is 288 g/mol. The molecule has 0 atom stereocenters. The van der Waals surface area contributed by atoms with E-state index in [1.807, 2.05) is 18.2 Å². The zero-order valence-electron chi connectivity index (χ0n) is 12.4. The van der Waals surface area contributed by atoms with Crippen molar-refractivity contribution in [3.63, 3.8) is 0 Å². The number of hydrogen-bond acceptors (Lipinski definition) is 4. The van der Waals surface area contributed by atoms with Crippen molar-refractivity contribution in [1.82, 2.24) is 5.32 Å².